The van der Waals surface area contributed by atoms with Gasteiger partial charge in [0.1, 0.15) is 11.5 Å². The van der Waals surface area contributed by atoms with E-state index in [0.29, 0.717) is 19.1 Å². The Morgan fingerprint density at radius 3 is 2.58 bits per heavy atom. The van der Waals surface area contributed by atoms with E-state index in [1.807, 2.05) is 48.5 Å². The maximum Gasteiger partial charge on any atom is 0.193 e. The number of anilines is 1. The summed E-state index contributed by atoms with van der Waals surface area (Å²) in [6, 6.07) is 15.5. The van der Waals surface area contributed by atoms with Gasteiger partial charge in [-0.05, 0) is 31.2 Å². The van der Waals surface area contributed by atoms with E-state index in [9.17, 15) is 0 Å². The molecule has 2 aromatic carbocycles. The molecule has 0 heterocycles. The smallest absolute Gasteiger partial charge is 0.193 e. The Hall–Kier alpha value is -1.96. The molecule has 0 saturated heterocycles. The standard InChI is InChI=1S/C18H23N3O2.HI/c1-14-7-9-16(10-8-14)23-12-4-11-20-18(19)21-15-5-3-6-17(13-15)22-2;/h3,5-10,13H,4,11-12H2,1-2H3,(H3,19,20,21);1H. The highest BCUT2D eigenvalue weighted by molar-refractivity contribution is 14.0. The maximum atomic E-state index is 5.86. The molecule has 0 spiro atoms. The molecule has 130 valence electrons. The minimum absolute atomic E-state index is 0. The van der Waals surface area contributed by atoms with E-state index < -0.39 is 0 Å². The van der Waals surface area contributed by atoms with Gasteiger partial charge in [0.2, 0.25) is 0 Å². The predicted molar refractivity (Wildman–Crippen MR) is 110 cm³/mol. The van der Waals surface area contributed by atoms with Crippen LogP contribution in [-0.4, -0.2) is 26.2 Å². The van der Waals surface area contributed by atoms with E-state index in [2.05, 4.69) is 17.2 Å². The first-order valence-electron chi connectivity index (χ1n) is 7.58. The van der Waals surface area contributed by atoms with Gasteiger partial charge < -0.3 is 20.5 Å². The lowest BCUT2D eigenvalue weighted by Crippen LogP contribution is -2.23. The highest BCUT2D eigenvalue weighted by atomic mass is 127. The number of nitrogens with two attached hydrogens (primary N) is 1. The SMILES string of the molecule is COc1cccc(NC(N)=NCCCOc2ccc(C)cc2)c1.I. The van der Waals surface area contributed by atoms with Gasteiger partial charge >= 0.3 is 0 Å². The van der Waals surface area contributed by atoms with Crippen molar-refractivity contribution in [3.05, 3.63) is 54.1 Å². The summed E-state index contributed by atoms with van der Waals surface area (Å²) in [6.45, 7) is 3.27. The van der Waals surface area contributed by atoms with Gasteiger partial charge in [-0.25, -0.2) is 0 Å². The van der Waals surface area contributed by atoms with Crippen molar-refractivity contribution in [2.45, 2.75) is 13.3 Å². The zero-order valence-electron chi connectivity index (χ0n) is 14.0. The van der Waals surface area contributed by atoms with Gasteiger partial charge in [-0.1, -0.05) is 23.8 Å². The van der Waals surface area contributed by atoms with E-state index in [0.717, 1.165) is 23.6 Å². The number of methoxy groups -OCH3 is 1. The molecule has 0 atom stereocenters. The molecule has 3 N–H and O–H groups in total. The summed E-state index contributed by atoms with van der Waals surface area (Å²) < 4.78 is 10.8. The predicted octanol–water partition coefficient (Wildman–Crippen LogP) is 3.82. The van der Waals surface area contributed by atoms with Gasteiger partial charge in [-0.15, -0.1) is 24.0 Å². The van der Waals surface area contributed by atoms with Crippen LogP contribution in [0.2, 0.25) is 0 Å². The molecular formula is C18H24IN3O2. The van der Waals surface area contributed by atoms with Crippen LogP contribution in [0.4, 0.5) is 5.69 Å². The highest BCUT2D eigenvalue weighted by Gasteiger charge is 1.98. The number of nitrogens with one attached hydrogen (secondary N) is 1. The van der Waals surface area contributed by atoms with Gasteiger partial charge in [-0.3, -0.25) is 4.99 Å². The molecule has 0 unspecified atom stereocenters. The monoisotopic (exact) mass is 441 g/mol. The Balaban J connectivity index is 0.00000288. The van der Waals surface area contributed by atoms with Crippen molar-refractivity contribution < 1.29 is 9.47 Å². The van der Waals surface area contributed by atoms with Crippen LogP contribution < -0.4 is 20.5 Å². The van der Waals surface area contributed by atoms with Crippen molar-refractivity contribution in [1.29, 1.82) is 0 Å². The van der Waals surface area contributed by atoms with Gasteiger partial charge in [-0.2, -0.15) is 0 Å². The summed E-state index contributed by atoms with van der Waals surface area (Å²) in [7, 11) is 1.63. The molecule has 2 aromatic rings. The molecule has 6 heteroatoms. The summed E-state index contributed by atoms with van der Waals surface area (Å²) >= 11 is 0. The molecule has 0 aromatic heterocycles. The Morgan fingerprint density at radius 1 is 1.12 bits per heavy atom. The van der Waals surface area contributed by atoms with Crippen molar-refractivity contribution in [2.24, 2.45) is 10.7 Å². The molecule has 5 nitrogen and oxygen atoms in total. The van der Waals surface area contributed by atoms with Crippen LogP contribution in [-0.2, 0) is 0 Å². The number of aliphatic imine (C=N–C) groups is 1. The first kappa shape index (κ1) is 20.1. The summed E-state index contributed by atoms with van der Waals surface area (Å²) in [5.41, 5.74) is 7.93. The number of nitrogens with zero attached hydrogens (tertiary/aromatic N) is 1. The molecule has 24 heavy (non-hydrogen) atoms. The zero-order chi connectivity index (χ0) is 16.5. The van der Waals surface area contributed by atoms with Crippen molar-refractivity contribution in [2.75, 3.05) is 25.6 Å². The van der Waals surface area contributed by atoms with E-state index in [1.165, 1.54) is 5.56 Å². The number of halogens is 1. The van der Waals surface area contributed by atoms with E-state index in [1.54, 1.807) is 7.11 Å². The van der Waals surface area contributed by atoms with Crippen LogP contribution in [0.3, 0.4) is 0 Å². The second-order valence-electron chi connectivity index (χ2n) is 5.14. The normalized spacial score (nSPS) is 10.7. The van der Waals surface area contributed by atoms with Crippen LogP contribution in [0.1, 0.15) is 12.0 Å². The number of aryl methyl sites for hydroxylation is 1. The minimum Gasteiger partial charge on any atom is -0.497 e. The lowest BCUT2D eigenvalue weighted by molar-refractivity contribution is 0.313. The fourth-order valence-electron chi connectivity index (χ4n) is 1.98. The second-order valence-corrected chi connectivity index (χ2v) is 5.14. The maximum absolute atomic E-state index is 5.86. The van der Waals surface area contributed by atoms with Gasteiger partial charge in [0, 0.05) is 24.7 Å². The molecule has 0 aliphatic heterocycles. The van der Waals surface area contributed by atoms with Crippen LogP contribution >= 0.6 is 24.0 Å². The molecule has 0 aliphatic carbocycles. The molecule has 0 aliphatic rings. The number of ether oxygens (including phenoxy) is 2. The number of hydrogen-bond acceptors (Lipinski definition) is 3. The topological polar surface area (TPSA) is 68.9 Å². The third-order valence-electron chi connectivity index (χ3n) is 3.22. The van der Waals surface area contributed by atoms with Crippen LogP contribution in [0, 0.1) is 6.92 Å². The number of guanidine groups is 1. The fourth-order valence-corrected chi connectivity index (χ4v) is 1.98. The largest absolute Gasteiger partial charge is 0.497 e. The van der Waals surface area contributed by atoms with Crippen molar-refractivity contribution >= 4 is 35.6 Å². The minimum atomic E-state index is 0. The number of hydrogen-bond donors (Lipinski definition) is 2. The third-order valence-corrected chi connectivity index (χ3v) is 3.22. The molecule has 0 radical (unpaired) electrons. The van der Waals surface area contributed by atoms with E-state index >= 15 is 0 Å². The van der Waals surface area contributed by atoms with Crippen LogP contribution in [0.15, 0.2) is 53.5 Å². The second kappa shape index (κ2) is 10.7. The highest BCUT2D eigenvalue weighted by Crippen LogP contribution is 2.16. The molecular weight excluding hydrogens is 417 g/mol. The average Bonchev–Trinajstić information content (AvgIpc) is 2.56. The van der Waals surface area contributed by atoms with Gasteiger partial charge in [0.15, 0.2) is 5.96 Å². The average molecular weight is 441 g/mol. The third kappa shape index (κ3) is 7.08. The molecule has 0 fully saturated rings. The van der Waals surface area contributed by atoms with Gasteiger partial charge in [0.05, 0.1) is 13.7 Å². The van der Waals surface area contributed by atoms with E-state index in [4.69, 9.17) is 15.2 Å². The number of rotatable bonds is 7. The number of benzene rings is 2. The Kier molecular flexibility index (Phi) is 8.99. The summed E-state index contributed by atoms with van der Waals surface area (Å²) in [6.07, 6.45) is 0.800. The van der Waals surface area contributed by atoms with Crippen molar-refractivity contribution in [1.82, 2.24) is 0 Å². The first-order chi connectivity index (χ1) is 11.2. The fraction of sp³-hybridized carbons (Fsp3) is 0.278. The molecule has 0 saturated carbocycles. The Labute approximate surface area is 160 Å². The molecule has 2 rings (SSSR count). The lowest BCUT2D eigenvalue weighted by Gasteiger charge is -2.08. The first-order valence-corrected chi connectivity index (χ1v) is 7.58. The zero-order valence-corrected chi connectivity index (χ0v) is 16.3. The Bertz CT molecular complexity index is 645. The van der Waals surface area contributed by atoms with Gasteiger partial charge in [0.25, 0.3) is 0 Å². The quantitative estimate of drug-likeness (QED) is 0.297. The Morgan fingerprint density at radius 2 is 1.88 bits per heavy atom. The lowest BCUT2D eigenvalue weighted by atomic mass is 10.2. The molecule has 0 amide bonds. The summed E-state index contributed by atoms with van der Waals surface area (Å²) in [5.74, 6) is 2.03. The van der Waals surface area contributed by atoms with Crippen molar-refractivity contribution in [3.8, 4) is 11.5 Å². The van der Waals surface area contributed by atoms with Crippen LogP contribution in [0.5, 0.6) is 11.5 Å². The van der Waals surface area contributed by atoms with Crippen molar-refractivity contribution in [3.63, 3.8) is 0 Å². The summed E-state index contributed by atoms with van der Waals surface area (Å²) in [5, 5.41) is 3.04. The van der Waals surface area contributed by atoms with E-state index in [-0.39, 0.29) is 24.0 Å². The van der Waals surface area contributed by atoms with Crippen LogP contribution in [0.25, 0.3) is 0 Å². The molecule has 0 bridgehead atoms. The summed E-state index contributed by atoms with van der Waals surface area (Å²) in [4.78, 5) is 4.28.